The molecule has 0 heterocycles. The van der Waals surface area contributed by atoms with Gasteiger partial charge in [-0.1, -0.05) is 59.7 Å². The van der Waals surface area contributed by atoms with Crippen LogP contribution >= 0.6 is 0 Å². The first kappa shape index (κ1) is 12.8. The standard InChI is InChI=1S/C17H21N/c1-13-7-9-16(10-8-13)17(18-3)12-15-6-4-5-14(2)11-15/h4-11,17-18H,12H2,1-3H3. The average molecular weight is 239 g/mol. The van der Waals surface area contributed by atoms with E-state index in [4.69, 9.17) is 0 Å². The smallest absolute Gasteiger partial charge is 0.0358 e. The molecule has 0 saturated heterocycles. The second-order valence-corrected chi connectivity index (χ2v) is 4.95. The van der Waals surface area contributed by atoms with Gasteiger partial charge in [-0.2, -0.15) is 0 Å². The summed E-state index contributed by atoms with van der Waals surface area (Å²) in [5.41, 5.74) is 5.37. The molecule has 0 aliphatic carbocycles. The van der Waals surface area contributed by atoms with Crippen LogP contribution in [0.4, 0.5) is 0 Å². The van der Waals surface area contributed by atoms with Crippen LogP contribution in [0.5, 0.6) is 0 Å². The highest BCUT2D eigenvalue weighted by atomic mass is 14.9. The first-order valence-corrected chi connectivity index (χ1v) is 6.48. The highest BCUT2D eigenvalue weighted by Gasteiger charge is 2.09. The summed E-state index contributed by atoms with van der Waals surface area (Å²) in [5, 5.41) is 3.41. The van der Waals surface area contributed by atoms with Gasteiger partial charge in [-0.15, -0.1) is 0 Å². The third-order valence-corrected chi connectivity index (χ3v) is 3.35. The Hall–Kier alpha value is -1.60. The van der Waals surface area contributed by atoms with Crippen molar-refractivity contribution in [3.8, 4) is 0 Å². The monoisotopic (exact) mass is 239 g/mol. The molecule has 18 heavy (non-hydrogen) atoms. The molecular weight excluding hydrogens is 218 g/mol. The van der Waals surface area contributed by atoms with E-state index in [2.05, 4.69) is 67.7 Å². The van der Waals surface area contributed by atoms with Crippen molar-refractivity contribution < 1.29 is 0 Å². The molecule has 2 aromatic rings. The Morgan fingerprint density at radius 2 is 1.67 bits per heavy atom. The SMILES string of the molecule is CNC(Cc1cccc(C)c1)c1ccc(C)cc1. The van der Waals surface area contributed by atoms with Crippen molar-refractivity contribution in [2.45, 2.75) is 26.3 Å². The third-order valence-electron chi connectivity index (χ3n) is 3.35. The van der Waals surface area contributed by atoms with Crippen LogP contribution in [-0.2, 0) is 6.42 Å². The highest BCUT2D eigenvalue weighted by molar-refractivity contribution is 5.28. The van der Waals surface area contributed by atoms with Crippen molar-refractivity contribution in [2.24, 2.45) is 0 Å². The summed E-state index contributed by atoms with van der Waals surface area (Å²) in [5.74, 6) is 0. The lowest BCUT2D eigenvalue weighted by atomic mass is 9.97. The Balaban J connectivity index is 2.17. The largest absolute Gasteiger partial charge is 0.313 e. The summed E-state index contributed by atoms with van der Waals surface area (Å²) in [7, 11) is 2.03. The van der Waals surface area contributed by atoms with Gasteiger partial charge in [0.2, 0.25) is 0 Å². The Morgan fingerprint density at radius 3 is 2.28 bits per heavy atom. The second-order valence-electron chi connectivity index (χ2n) is 4.95. The van der Waals surface area contributed by atoms with E-state index < -0.39 is 0 Å². The number of hydrogen-bond acceptors (Lipinski definition) is 1. The molecule has 0 spiro atoms. The molecule has 2 rings (SSSR count). The Labute approximate surface area is 110 Å². The molecule has 0 bridgehead atoms. The van der Waals surface area contributed by atoms with Crippen molar-refractivity contribution in [3.63, 3.8) is 0 Å². The Bertz CT molecular complexity index is 499. The molecule has 1 heteroatoms. The van der Waals surface area contributed by atoms with Gasteiger partial charge in [0.15, 0.2) is 0 Å². The maximum atomic E-state index is 3.41. The number of rotatable bonds is 4. The van der Waals surface area contributed by atoms with Crippen LogP contribution in [0, 0.1) is 13.8 Å². The van der Waals surface area contributed by atoms with E-state index >= 15 is 0 Å². The van der Waals surface area contributed by atoms with E-state index in [1.54, 1.807) is 0 Å². The summed E-state index contributed by atoms with van der Waals surface area (Å²) in [4.78, 5) is 0. The van der Waals surface area contributed by atoms with E-state index in [-0.39, 0.29) is 0 Å². The summed E-state index contributed by atoms with van der Waals surface area (Å²) in [6.45, 7) is 4.27. The zero-order valence-electron chi connectivity index (χ0n) is 11.4. The normalized spacial score (nSPS) is 12.4. The second kappa shape index (κ2) is 5.83. The van der Waals surface area contributed by atoms with E-state index in [0.717, 1.165) is 6.42 Å². The molecule has 0 radical (unpaired) electrons. The lowest BCUT2D eigenvalue weighted by Gasteiger charge is -2.17. The maximum absolute atomic E-state index is 3.41. The number of likely N-dealkylation sites (N-methyl/N-ethyl adjacent to an activating group) is 1. The highest BCUT2D eigenvalue weighted by Crippen LogP contribution is 2.19. The molecule has 1 nitrogen and oxygen atoms in total. The number of hydrogen-bond donors (Lipinski definition) is 1. The lowest BCUT2D eigenvalue weighted by Crippen LogP contribution is -2.18. The lowest BCUT2D eigenvalue weighted by molar-refractivity contribution is 0.592. The van der Waals surface area contributed by atoms with Gasteiger partial charge >= 0.3 is 0 Å². The van der Waals surface area contributed by atoms with E-state index in [1.807, 2.05) is 7.05 Å². The van der Waals surface area contributed by atoms with Crippen LogP contribution in [0.25, 0.3) is 0 Å². The molecule has 1 atom stereocenters. The van der Waals surface area contributed by atoms with Crippen LogP contribution in [0.2, 0.25) is 0 Å². The Morgan fingerprint density at radius 1 is 0.944 bits per heavy atom. The predicted octanol–water partition coefficient (Wildman–Crippen LogP) is 3.81. The molecule has 0 aliphatic heterocycles. The molecule has 0 fully saturated rings. The molecule has 0 aromatic heterocycles. The van der Waals surface area contributed by atoms with Gasteiger partial charge in [0, 0.05) is 6.04 Å². The molecule has 0 aliphatic rings. The zero-order valence-corrected chi connectivity index (χ0v) is 11.4. The average Bonchev–Trinajstić information content (AvgIpc) is 2.37. The van der Waals surface area contributed by atoms with Crippen LogP contribution in [0.15, 0.2) is 48.5 Å². The van der Waals surface area contributed by atoms with Crippen molar-refractivity contribution in [1.29, 1.82) is 0 Å². The predicted molar refractivity (Wildman–Crippen MR) is 77.9 cm³/mol. The van der Waals surface area contributed by atoms with Crippen molar-refractivity contribution >= 4 is 0 Å². The van der Waals surface area contributed by atoms with Crippen LogP contribution in [0.3, 0.4) is 0 Å². The topological polar surface area (TPSA) is 12.0 Å². The van der Waals surface area contributed by atoms with E-state index in [9.17, 15) is 0 Å². The number of aryl methyl sites for hydroxylation is 2. The fourth-order valence-corrected chi connectivity index (χ4v) is 2.26. The zero-order chi connectivity index (χ0) is 13.0. The van der Waals surface area contributed by atoms with Crippen LogP contribution in [-0.4, -0.2) is 7.05 Å². The molecule has 94 valence electrons. The minimum absolute atomic E-state index is 0.382. The maximum Gasteiger partial charge on any atom is 0.0358 e. The van der Waals surface area contributed by atoms with Crippen LogP contribution < -0.4 is 5.32 Å². The summed E-state index contributed by atoms with van der Waals surface area (Å²) < 4.78 is 0. The molecule has 2 aromatic carbocycles. The number of benzene rings is 2. The van der Waals surface area contributed by atoms with Gasteiger partial charge in [0.05, 0.1) is 0 Å². The van der Waals surface area contributed by atoms with Gasteiger partial charge in [0.1, 0.15) is 0 Å². The summed E-state index contributed by atoms with van der Waals surface area (Å²) in [6.07, 6.45) is 1.03. The minimum atomic E-state index is 0.382. The fraction of sp³-hybridized carbons (Fsp3) is 0.294. The van der Waals surface area contributed by atoms with Gasteiger partial charge in [0.25, 0.3) is 0 Å². The molecule has 1 N–H and O–H groups in total. The summed E-state index contributed by atoms with van der Waals surface area (Å²) in [6, 6.07) is 17.9. The van der Waals surface area contributed by atoms with E-state index in [1.165, 1.54) is 22.3 Å². The van der Waals surface area contributed by atoms with Crippen molar-refractivity contribution in [3.05, 3.63) is 70.8 Å². The third kappa shape index (κ3) is 3.21. The van der Waals surface area contributed by atoms with Gasteiger partial charge in [-0.05, 0) is 38.4 Å². The number of nitrogens with one attached hydrogen (secondary N) is 1. The summed E-state index contributed by atoms with van der Waals surface area (Å²) >= 11 is 0. The quantitative estimate of drug-likeness (QED) is 0.855. The fourth-order valence-electron chi connectivity index (χ4n) is 2.26. The molecule has 0 amide bonds. The van der Waals surface area contributed by atoms with Crippen LogP contribution in [0.1, 0.15) is 28.3 Å². The van der Waals surface area contributed by atoms with Crippen molar-refractivity contribution in [2.75, 3.05) is 7.05 Å². The minimum Gasteiger partial charge on any atom is -0.313 e. The van der Waals surface area contributed by atoms with Gasteiger partial charge < -0.3 is 5.32 Å². The van der Waals surface area contributed by atoms with Gasteiger partial charge in [-0.3, -0.25) is 0 Å². The van der Waals surface area contributed by atoms with E-state index in [0.29, 0.717) is 6.04 Å². The molecule has 1 unspecified atom stereocenters. The van der Waals surface area contributed by atoms with Gasteiger partial charge in [-0.25, -0.2) is 0 Å². The molecular formula is C17H21N. The van der Waals surface area contributed by atoms with Crippen molar-refractivity contribution in [1.82, 2.24) is 5.32 Å². The Kier molecular flexibility index (Phi) is 4.16. The molecule has 0 saturated carbocycles. The first-order valence-electron chi connectivity index (χ1n) is 6.48. The first-order chi connectivity index (χ1) is 8.69.